The van der Waals surface area contributed by atoms with Crippen LogP contribution in [0.4, 0.5) is 0 Å². The van der Waals surface area contributed by atoms with Gasteiger partial charge in [-0.15, -0.1) is 0 Å². The Bertz CT molecular complexity index is 621. The van der Waals surface area contributed by atoms with E-state index in [2.05, 4.69) is 38.1 Å². The molecule has 3 atom stereocenters. The molecule has 2 aliphatic carbocycles. The van der Waals surface area contributed by atoms with Gasteiger partial charge in [-0.2, -0.15) is 15.8 Å². The summed E-state index contributed by atoms with van der Waals surface area (Å²) in [5.41, 5.74) is 6.30. The van der Waals surface area contributed by atoms with Crippen molar-refractivity contribution in [1.29, 1.82) is 15.8 Å². The first kappa shape index (κ1) is 16.1. The van der Waals surface area contributed by atoms with Crippen LogP contribution in [0.5, 0.6) is 0 Å². The van der Waals surface area contributed by atoms with Crippen LogP contribution in [-0.4, -0.2) is 0 Å². The highest BCUT2D eigenvalue weighted by atomic mass is 14.7. The Morgan fingerprint density at radius 3 is 2.45 bits per heavy atom. The number of hydrogen-bond acceptors (Lipinski definition) is 4. The number of hydrogen-bond donors (Lipinski definition) is 1. The fourth-order valence-corrected chi connectivity index (χ4v) is 4.05. The highest BCUT2D eigenvalue weighted by Gasteiger charge is 2.53. The molecule has 114 valence electrons. The average molecular weight is 294 g/mol. The zero-order valence-electron chi connectivity index (χ0n) is 13.3. The number of nitriles is 3. The molecule has 0 bridgehead atoms. The lowest BCUT2D eigenvalue weighted by molar-refractivity contribution is 0.193. The second kappa shape index (κ2) is 6.25. The molecule has 22 heavy (non-hydrogen) atoms. The van der Waals surface area contributed by atoms with Crippen LogP contribution in [0, 0.1) is 57.2 Å². The zero-order chi connectivity index (χ0) is 16.3. The standard InChI is InChI=1S/C18H22N4/c1-3-5-16-14-8-12(4-2)6-7-13(14)15(9-19)17(22)18(16,10-20)11-21/h7,12,14,16H,3-6,8,22H2,1-2H3/t12-,14-,16+/m0/s1. The molecular formula is C18H22N4. The molecule has 0 aromatic carbocycles. The van der Waals surface area contributed by atoms with Gasteiger partial charge >= 0.3 is 0 Å². The summed E-state index contributed by atoms with van der Waals surface area (Å²) in [4.78, 5) is 0. The van der Waals surface area contributed by atoms with Crippen LogP contribution in [0.3, 0.4) is 0 Å². The summed E-state index contributed by atoms with van der Waals surface area (Å²) in [7, 11) is 0. The lowest BCUT2D eigenvalue weighted by Gasteiger charge is -2.44. The second-order valence-corrected chi connectivity index (χ2v) is 6.34. The van der Waals surface area contributed by atoms with E-state index in [9.17, 15) is 15.8 Å². The van der Waals surface area contributed by atoms with Gasteiger partial charge in [-0.1, -0.05) is 32.8 Å². The van der Waals surface area contributed by atoms with Gasteiger partial charge < -0.3 is 5.73 Å². The normalized spacial score (nSPS) is 29.6. The van der Waals surface area contributed by atoms with Crippen molar-refractivity contribution in [3.05, 3.63) is 22.9 Å². The van der Waals surface area contributed by atoms with Crippen molar-refractivity contribution >= 4 is 0 Å². The van der Waals surface area contributed by atoms with Gasteiger partial charge in [-0.25, -0.2) is 0 Å². The van der Waals surface area contributed by atoms with Crippen LogP contribution >= 0.6 is 0 Å². The predicted molar refractivity (Wildman–Crippen MR) is 83.5 cm³/mol. The molecule has 0 aromatic rings. The van der Waals surface area contributed by atoms with Crippen LogP contribution in [-0.2, 0) is 0 Å². The number of nitrogens with two attached hydrogens (primary N) is 1. The molecule has 2 aliphatic rings. The Balaban J connectivity index is 2.67. The first-order chi connectivity index (χ1) is 10.6. The van der Waals surface area contributed by atoms with Gasteiger partial charge in [-0.05, 0) is 36.7 Å². The Kier molecular flexibility index (Phi) is 4.58. The summed E-state index contributed by atoms with van der Waals surface area (Å²) in [6, 6.07) is 6.48. The third-order valence-electron chi connectivity index (χ3n) is 5.32. The molecule has 0 saturated carbocycles. The molecule has 4 nitrogen and oxygen atoms in total. The van der Waals surface area contributed by atoms with Crippen molar-refractivity contribution < 1.29 is 0 Å². The third-order valence-corrected chi connectivity index (χ3v) is 5.32. The van der Waals surface area contributed by atoms with Crippen LogP contribution < -0.4 is 5.73 Å². The van der Waals surface area contributed by atoms with E-state index in [1.807, 2.05) is 0 Å². The maximum Gasteiger partial charge on any atom is 0.187 e. The van der Waals surface area contributed by atoms with E-state index in [-0.39, 0.29) is 17.5 Å². The molecule has 2 rings (SSSR count). The minimum atomic E-state index is -1.36. The Hall–Kier alpha value is -2.25. The fourth-order valence-electron chi connectivity index (χ4n) is 4.05. The molecule has 4 heteroatoms. The topological polar surface area (TPSA) is 97.4 Å². The minimum Gasteiger partial charge on any atom is -0.399 e. The molecule has 0 aromatic heterocycles. The fraction of sp³-hybridized carbons (Fsp3) is 0.611. The van der Waals surface area contributed by atoms with E-state index >= 15 is 0 Å². The minimum absolute atomic E-state index is 0.0971. The Labute approximate surface area is 132 Å². The van der Waals surface area contributed by atoms with Gasteiger partial charge in [0.1, 0.15) is 6.07 Å². The number of rotatable bonds is 3. The van der Waals surface area contributed by atoms with Crippen LogP contribution in [0.15, 0.2) is 22.9 Å². The van der Waals surface area contributed by atoms with Gasteiger partial charge in [0.2, 0.25) is 0 Å². The second-order valence-electron chi connectivity index (χ2n) is 6.34. The van der Waals surface area contributed by atoms with Gasteiger partial charge in [0.15, 0.2) is 5.41 Å². The smallest absolute Gasteiger partial charge is 0.187 e. The predicted octanol–water partition coefficient (Wildman–Crippen LogP) is 3.55. The quantitative estimate of drug-likeness (QED) is 0.860. The average Bonchev–Trinajstić information content (AvgIpc) is 2.56. The highest BCUT2D eigenvalue weighted by molar-refractivity contribution is 5.56. The molecule has 0 radical (unpaired) electrons. The first-order valence-corrected chi connectivity index (χ1v) is 8.02. The van der Waals surface area contributed by atoms with Crippen molar-refractivity contribution in [2.24, 2.45) is 28.9 Å². The number of allylic oxidation sites excluding steroid dienone is 4. The van der Waals surface area contributed by atoms with Gasteiger partial charge in [0, 0.05) is 5.92 Å². The molecule has 0 aliphatic heterocycles. The van der Waals surface area contributed by atoms with Crippen molar-refractivity contribution in [3.63, 3.8) is 0 Å². The van der Waals surface area contributed by atoms with Crippen LogP contribution in [0.2, 0.25) is 0 Å². The Morgan fingerprint density at radius 2 is 1.95 bits per heavy atom. The summed E-state index contributed by atoms with van der Waals surface area (Å²) in [5, 5.41) is 29.0. The first-order valence-electron chi connectivity index (χ1n) is 8.02. The number of fused-ring (bicyclic) bond motifs is 1. The molecular weight excluding hydrogens is 272 g/mol. The van der Waals surface area contributed by atoms with E-state index in [0.717, 1.165) is 37.7 Å². The maximum atomic E-state index is 9.72. The third kappa shape index (κ3) is 2.18. The van der Waals surface area contributed by atoms with Crippen molar-refractivity contribution in [2.45, 2.75) is 46.0 Å². The highest BCUT2D eigenvalue weighted by Crippen LogP contribution is 2.53. The summed E-state index contributed by atoms with van der Waals surface area (Å²) in [5.74, 6) is 0.535. The summed E-state index contributed by atoms with van der Waals surface area (Å²) in [6.07, 6.45) is 6.76. The lowest BCUT2D eigenvalue weighted by atomic mass is 9.56. The van der Waals surface area contributed by atoms with Gasteiger partial charge in [0.05, 0.1) is 23.4 Å². The molecule has 0 fully saturated rings. The van der Waals surface area contributed by atoms with Gasteiger partial charge in [-0.3, -0.25) is 0 Å². The Morgan fingerprint density at radius 1 is 1.27 bits per heavy atom. The number of nitrogens with zero attached hydrogens (tertiary/aromatic N) is 3. The van der Waals surface area contributed by atoms with E-state index in [0.29, 0.717) is 11.5 Å². The van der Waals surface area contributed by atoms with E-state index < -0.39 is 5.41 Å². The van der Waals surface area contributed by atoms with Crippen molar-refractivity contribution in [1.82, 2.24) is 0 Å². The molecule has 0 heterocycles. The van der Waals surface area contributed by atoms with E-state index in [1.165, 1.54) is 0 Å². The molecule has 0 amide bonds. The van der Waals surface area contributed by atoms with Gasteiger partial charge in [0.25, 0.3) is 0 Å². The van der Waals surface area contributed by atoms with Crippen LogP contribution in [0.1, 0.15) is 46.0 Å². The van der Waals surface area contributed by atoms with Crippen molar-refractivity contribution in [2.75, 3.05) is 0 Å². The largest absolute Gasteiger partial charge is 0.399 e. The monoisotopic (exact) mass is 294 g/mol. The maximum absolute atomic E-state index is 9.72. The summed E-state index contributed by atoms with van der Waals surface area (Å²) < 4.78 is 0. The molecule has 0 unspecified atom stereocenters. The van der Waals surface area contributed by atoms with Crippen LogP contribution in [0.25, 0.3) is 0 Å². The summed E-state index contributed by atoms with van der Waals surface area (Å²) in [6.45, 7) is 4.22. The van der Waals surface area contributed by atoms with E-state index in [1.54, 1.807) is 0 Å². The molecule has 0 saturated heterocycles. The SMILES string of the molecule is CCC[C@@H]1[C@H]2C[C@@H](CC)CC=C2C(C#N)=C(N)C1(C#N)C#N. The lowest BCUT2D eigenvalue weighted by Crippen LogP contribution is -2.44. The van der Waals surface area contributed by atoms with E-state index in [4.69, 9.17) is 5.73 Å². The summed E-state index contributed by atoms with van der Waals surface area (Å²) >= 11 is 0. The zero-order valence-corrected chi connectivity index (χ0v) is 13.3. The van der Waals surface area contributed by atoms with Crippen molar-refractivity contribution in [3.8, 4) is 18.2 Å². The molecule has 0 spiro atoms. The molecule has 2 N–H and O–H groups in total.